The van der Waals surface area contributed by atoms with E-state index in [9.17, 15) is 17.6 Å². The van der Waals surface area contributed by atoms with E-state index < -0.39 is 21.7 Å². The second kappa shape index (κ2) is 9.37. The predicted molar refractivity (Wildman–Crippen MR) is 109 cm³/mol. The van der Waals surface area contributed by atoms with E-state index in [0.29, 0.717) is 5.69 Å². The van der Waals surface area contributed by atoms with Gasteiger partial charge in [-0.05, 0) is 49.2 Å². The van der Waals surface area contributed by atoms with E-state index in [2.05, 4.69) is 5.32 Å². The Morgan fingerprint density at radius 2 is 1.76 bits per heavy atom. The number of hydrogen-bond acceptors (Lipinski definition) is 4. The molecule has 2 aromatic rings. The van der Waals surface area contributed by atoms with Gasteiger partial charge in [0.05, 0.1) is 4.90 Å². The lowest BCUT2D eigenvalue weighted by Gasteiger charge is -2.30. The molecule has 0 heterocycles. The van der Waals surface area contributed by atoms with Crippen molar-refractivity contribution in [3.05, 3.63) is 54.3 Å². The van der Waals surface area contributed by atoms with Crippen molar-refractivity contribution in [1.29, 1.82) is 0 Å². The zero-order valence-corrected chi connectivity index (χ0v) is 17.1. The third-order valence-electron chi connectivity index (χ3n) is 5.10. The van der Waals surface area contributed by atoms with Crippen LogP contribution in [0.4, 0.5) is 10.1 Å². The molecule has 8 heteroatoms. The zero-order valence-electron chi connectivity index (χ0n) is 16.3. The number of carbonyl (C=O) groups excluding carboxylic acids is 1. The number of carbonyl (C=O) groups is 1. The number of amides is 1. The van der Waals surface area contributed by atoms with Crippen LogP contribution in [0.2, 0.25) is 0 Å². The van der Waals surface area contributed by atoms with Gasteiger partial charge in [0.25, 0.3) is 5.91 Å². The molecule has 0 aliphatic heterocycles. The van der Waals surface area contributed by atoms with Gasteiger partial charge < -0.3 is 10.1 Å². The summed E-state index contributed by atoms with van der Waals surface area (Å²) >= 11 is 0. The van der Waals surface area contributed by atoms with Crippen LogP contribution in [0.15, 0.2) is 53.4 Å². The summed E-state index contributed by atoms with van der Waals surface area (Å²) in [6.07, 6.45) is 5.01. The number of benzene rings is 2. The molecule has 1 aliphatic rings. The highest BCUT2D eigenvalue weighted by molar-refractivity contribution is 7.89. The van der Waals surface area contributed by atoms with E-state index in [1.54, 1.807) is 13.1 Å². The number of anilines is 1. The van der Waals surface area contributed by atoms with Gasteiger partial charge in [0, 0.05) is 18.8 Å². The van der Waals surface area contributed by atoms with Gasteiger partial charge in [-0.15, -0.1) is 0 Å². The van der Waals surface area contributed by atoms with Gasteiger partial charge in [0.2, 0.25) is 10.0 Å². The van der Waals surface area contributed by atoms with E-state index in [4.69, 9.17) is 4.74 Å². The van der Waals surface area contributed by atoms with Crippen LogP contribution in [0.1, 0.15) is 32.1 Å². The average Bonchev–Trinajstić information content (AvgIpc) is 2.73. The van der Waals surface area contributed by atoms with Crippen LogP contribution in [0.3, 0.4) is 0 Å². The summed E-state index contributed by atoms with van der Waals surface area (Å²) in [6, 6.07) is 11.9. The first-order valence-electron chi connectivity index (χ1n) is 9.63. The average molecular weight is 421 g/mol. The van der Waals surface area contributed by atoms with Gasteiger partial charge in [-0.1, -0.05) is 31.4 Å². The molecule has 0 saturated heterocycles. The van der Waals surface area contributed by atoms with E-state index >= 15 is 0 Å². The number of rotatable bonds is 7. The maximum atomic E-state index is 13.5. The summed E-state index contributed by atoms with van der Waals surface area (Å²) in [4.78, 5) is 12.2. The minimum Gasteiger partial charge on any atom is -0.481 e. The van der Waals surface area contributed by atoms with Gasteiger partial charge >= 0.3 is 0 Å². The molecule has 1 fully saturated rings. The highest BCUT2D eigenvalue weighted by Crippen LogP contribution is 2.27. The van der Waals surface area contributed by atoms with Crippen LogP contribution in [-0.4, -0.2) is 38.3 Å². The number of halogens is 1. The van der Waals surface area contributed by atoms with Crippen molar-refractivity contribution in [2.75, 3.05) is 19.0 Å². The summed E-state index contributed by atoms with van der Waals surface area (Å²) < 4.78 is 45.8. The largest absolute Gasteiger partial charge is 0.481 e. The van der Waals surface area contributed by atoms with Crippen LogP contribution in [-0.2, 0) is 14.8 Å². The molecule has 3 rings (SSSR count). The lowest BCUT2D eigenvalue weighted by atomic mass is 9.96. The molecule has 1 aliphatic carbocycles. The first kappa shape index (κ1) is 21.3. The zero-order chi connectivity index (χ0) is 20.9. The molecule has 0 aromatic heterocycles. The number of hydrogen-bond donors (Lipinski definition) is 1. The topological polar surface area (TPSA) is 75.7 Å². The van der Waals surface area contributed by atoms with Gasteiger partial charge in [-0.2, -0.15) is 4.31 Å². The normalized spacial score (nSPS) is 15.3. The van der Waals surface area contributed by atoms with E-state index in [-0.39, 0.29) is 23.3 Å². The van der Waals surface area contributed by atoms with Crippen molar-refractivity contribution in [2.24, 2.45) is 0 Å². The molecule has 1 saturated carbocycles. The summed E-state index contributed by atoms with van der Waals surface area (Å²) in [5.41, 5.74) is 0.436. The Hall–Kier alpha value is -2.45. The second-order valence-corrected chi connectivity index (χ2v) is 9.10. The molecular formula is C21H25FN2O4S. The monoisotopic (exact) mass is 420 g/mol. The molecule has 0 unspecified atom stereocenters. The maximum absolute atomic E-state index is 13.5. The van der Waals surface area contributed by atoms with Crippen LogP contribution in [0.5, 0.6) is 5.75 Å². The Labute approximate surface area is 170 Å². The molecule has 6 nitrogen and oxygen atoms in total. The van der Waals surface area contributed by atoms with Gasteiger partial charge in [0.15, 0.2) is 18.2 Å². The quantitative estimate of drug-likeness (QED) is 0.739. The Balaban J connectivity index is 1.59. The van der Waals surface area contributed by atoms with Crippen LogP contribution < -0.4 is 10.1 Å². The lowest BCUT2D eigenvalue weighted by molar-refractivity contribution is -0.118. The Morgan fingerprint density at radius 1 is 1.10 bits per heavy atom. The molecule has 0 atom stereocenters. The van der Waals surface area contributed by atoms with Crippen LogP contribution in [0, 0.1) is 5.82 Å². The van der Waals surface area contributed by atoms with Crippen LogP contribution in [0.25, 0.3) is 0 Å². The maximum Gasteiger partial charge on any atom is 0.262 e. The lowest BCUT2D eigenvalue weighted by Crippen LogP contribution is -2.38. The summed E-state index contributed by atoms with van der Waals surface area (Å²) in [7, 11) is -1.95. The van der Waals surface area contributed by atoms with Crippen molar-refractivity contribution in [2.45, 2.75) is 43.0 Å². The minimum atomic E-state index is -3.58. The molecule has 1 amide bonds. The number of para-hydroxylation sites is 1. The molecule has 2 aromatic carbocycles. The van der Waals surface area contributed by atoms with Gasteiger partial charge in [-0.25, -0.2) is 12.8 Å². The Morgan fingerprint density at radius 3 is 2.41 bits per heavy atom. The van der Waals surface area contributed by atoms with Crippen molar-refractivity contribution >= 4 is 21.6 Å². The molecule has 0 spiro atoms. The molecule has 1 N–H and O–H groups in total. The molecule has 156 valence electrons. The molecule has 0 bridgehead atoms. The van der Waals surface area contributed by atoms with Crippen molar-refractivity contribution in [1.82, 2.24) is 4.31 Å². The van der Waals surface area contributed by atoms with Crippen molar-refractivity contribution in [3.63, 3.8) is 0 Å². The highest BCUT2D eigenvalue weighted by atomic mass is 32.2. The fourth-order valence-corrected chi connectivity index (χ4v) is 4.84. The minimum absolute atomic E-state index is 0.00478. The van der Waals surface area contributed by atoms with Crippen molar-refractivity contribution in [3.8, 4) is 5.75 Å². The molecule has 0 radical (unpaired) electrons. The first-order chi connectivity index (χ1) is 13.9. The number of ether oxygens (including phenoxy) is 1. The third-order valence-corrected chi connectivity index (χ3v) is 7.02. The number of sulfonamides is 1. The predicted octanol–water partition coefficient (Wildman–Crippen LogP) is 3.80. The second-order valence-electron chi connectivity index (χ2n) is 7.10. The first-order valence-corrected chi connectivity index (χ1v) is 11.1. The van der Waals surface area contributed by atoms with Gasteiger partial charge in [-0.3, -0.25) is 4.79 Å². The SMILES string of the molecule is CN(C1CCCCC1)S(=O)(=O)c1ccc(NC(=O)COc2ccccc2F)cc1. The summed E-state index contributed by atoms with van der Waals surface area (Å²) in [5, 5.41) is 2.61. The fourth-order valence-electron chi connectivity index (χ4n) is 3.42. The Kier molecular flexibility index (Phi) is 6.87. The number of nitrogens with zero attached hydrogens (tertiary/aromatic N) is 1. The highest BCUT2D eigenvalue weighted by Gasteiger charge is 2.28. The smallest absolute Gasteiger partial charge is 0.262 e. The fraction of sp³-hybridized carbons (Fsp3) is 0.381. The number of nitrogens with one attached hydrogen (secondary N) is 1. The molecule has 29 heavy (non-hydrogen) atoms. The van der Waals surface area contributed by atoms with Gasteiger partial charge in [0.1, 0.15) is 0 Å². The third kappa shape index (κ3) is 5.33. The standard InChI is InChI=1S/C21H25FN2O4S/c1-24(17-7-3-2-4-8-17)29(26,27)18-13-11-16(12-14-18)23-21(25)15-28-20-10-6-5-9-19(20)22/h5-6,9-14,17H,2-4,7-8,15H2,1H3,(H,23,25). The van der Waals surface area contributed by atoms with E-state index in [0.717, 1.165) is 32.1 Å². The summed E-state index contributed by atoms with van der Waals surface area (Å²) in [6.45, 7) is -0.356. The van der Waals surface area contributed by atoms with E-state index in [1.165, 1.54) is 46.8 Å². The van der Waals surface area contributed by atoms with E-state index in [1.807, 2.05) is 0 Å². The summed E-state index contributed by atoms with van der Waals surface area (Å²) in [5.74, 6) is -1.02. The Bertz CT molecular complexity index is 941. The molecular weight excluding hydrogens is 395 g/mol. The van der Waals surface area contributed by atoms with Crippen molar-refractivity contribution < 1.29 is 22.3 Å². The van der Waals surface area contributed by atoms with Crippen LogP contribution >= 0.6 is 0 Å².